The Hall–Kier alpha value is -2.02. The van der Waals surface area contributed by atoms with Crippen LogP contribution in [0.1, 0.15) is 42.5 Å². The first kappa shape index (κ1) is 15.4. The Balaban J connectivity index is 2.13. The third kappa shape index (κ3) is 3.55. The maximum atomic E-state index is 13.6. The molecule has 114 valence electrons. The maximum Gasteiger partial charge on any atom is 0.338 e. The quantitative estimate of drug-likeness (QED) is 0.795. The van der Waals surface area contributed by atoms with Gasteiger partial charge in [-0.05, 0) is 18.9 Å². The van der Waals surface area contributed by atoms with Crippen molar-refractivity contribution in [3.8, 4) is 0 Å². The Morgan fingerprint density at radius 1 is 1.24 bits per heavy atom. The average molecular weight is 298 g/mol. The molecule has 1 aliphatic carbocycles. The van der Waals surface area contributed by atoms with E-state index in [4.69, 9.17) is 10.8 Å². The molecule has 1 fully saturated rings. The highest BCUT2D eigenvalue weighted by Gasteiger charge is 2.32. The van der Waals surface area contributed by atoms with Gasteiger partial charge in [0.2, 0.25) is 5.91 Å². The molecule has 0 heterocycles. The van der Waals surface area contributed by atoms with Gasteiger partial charge in [-0.1, -0.05) is 12.8 Å². The summed E-state index contributed by atoms with van der Waals surface area (Å²) < 4.78 is 26.8. The number of nitrogens with two attached hydrogens (primary N) is 1. The first-order chi connectivity index (χ1) is 9.81. The fourth-order valence-electron chi connectivity index (χ4n) is 2.58. The van der Waals surface area contributed by atoms with E-state index in [0.717, 1.165) is 18.9 Å². The van der Waals surface area contributed by atoms with E-state index in [1.807, 2.05) is 0 Å². The average Bonchev–Trinajstić information content (AvgIpc) is 2.78. The second-order valence-corrected chi connectivity index (χ2v) is 5.41. The molecule has 1 aromatic rings. The lowest BCUT2D eigenvalue weighted by Crippen LogP contribution is -2.40. The van der Waals surface area contributed by atoms with Gasteiger partial charge in [0.15, 0.2) is 0 Å². The van der Waals surface area contributed by atoms with Crippen LogP contribution in [-0.2, 0) is 4.79 Å². The molecule has 0 bridgehead atoms. The van der Waals surface area contributed by atoms with E-state index in [0.29, 0.717) is 18.9 Å². The van der Waals surface area contributed by atoms with E-state index in [1.54, 1.807) is 0 Å². The number of benzene rings is 1. The van der Waals surface area contributed by atoms with E-state index < -0.39 is 34.6 Å². The molecular formula is C14H16F2N2O3. The van der Waals surface area contributed by atoms with Crippen LogP contribution in [0.15, 0.2) is 12.1 Å². The number of carboxylic acids is 1. The number of carbonyl (C=O) groups is 2. The summed E-state index contributed by atoms with van der Waals surface area (Å²) in [4.78, 5) is 22.7. The van der Waals surface area contributed by atoms with Gasteiger partial charge in [-0.15, -0.1) is 0 Å². The highest BCUT2D eigenvalue weighted by atomic mass is 19.1. The lowest BCUT2D eigenvalue weighted by atomic mass is 9.94. The number of anilines is 1. The predicted molar refractivity (Wildman–Crippen MR) is 72.0 cm³/mol. The minimum Gasteiger partial charge on any atom is -0.478 e. The molecule has 1 amide bonds. The number of halogens is 2. The molecule has 0 unspecified atom stereocenters. The van der Waals surface area contributed by atoms with E-state index in [2.05, 4.69) is 5.32 Å². The van der Waals surface area contributed by atoms with Gasteiger partial charge in [0.1, 0.15) is 11.6 Å². The van der Waals surface area contributed by atoms with Crippen molar-refractivity contribution >= 4 is 17.6 Å². The largest absolute Gasteiger partial charge is 0.478 e. The van der Waals surface area contributed by atoms with E-state index in [9.17, 15) is 18.4 Å². The van der Waals surface area contributed by atoms with Crippen molar-refractivity contribution in [1.29, 1.82) is 0 Å². The molecule has 1 aliphatic rings. The number of carboxylic acid groups (broad SMARTS) is 1. The van der Waals surface area contributed by atoms with Gasteiger partial charge >= 0.3 is 5.97 Å². The highest BCUT2D eigenvalue weighted by molar-refractivity contribution is 5.94. The van der Waals surface area contributed by atoms with E-state index in [1.165, 1.54) is 0 Å². The fraction of sp³-hybridized carbons (Fsp3) is 0.429. The molecule has 21 heavy (non-hydrogen) atoms. The van der Waals surface area contributed by atoms with Crippen molar-refractivity contribution in [2.45, 2.75) is 37.6 Å². The summed E-state index contributed by atoms with van der Waals surface area (Å²) in [6.07, 6.45) is 3.33. The lowest BCUT2D eigenvalue weighted by molar-refractivity contribution is -0.117. The van der Waals surface area contributed by atoms with Gasteiger partial charge in [-0.2, -0.15) is 0 Å². The monoisotopic (exact) mass is 298 g/mol. The van der Waals surface area contributed by atoms with Crippen LogP contribution in [0.4, 0.5) is 14.5 Å². The molecule has 1 saturated carbocycles. The van der Waals surface area contributed by atoms with Gasteiger partial charge in [0.25, 0.3) is 0 Å². The van der Waals surface area contributed by atoms with Crippen molar-refractivity contribution in [2.24, 2.45) is 5.73 Å². The SMILES string of the molecule is NC1(CC(=O)Nc2cc(C(=O)O)c(F)cc2F)CCCC1. The number of nitrogens with one attached hydrogen (secondary N) is 1. The molecule has 0 atom stereocenters. The zero-order chi connectivity index (χ0) is 15.6. The van der Waals surface area contributed by atoms with Crippen LogP contribution in [-0.4, -0.2) is 22.5 Å². The second kappa shape index (κ2) is 5.77. The first-order valence-corrected chi connectivity index (χ1v) is 6.62. The molecule has 0 saturated heterocycles. The number of aromatic carboxylic acids is 1. The smallest absolute Gasteiger partial charge is 0.338 e. The van der Waals surface area contributed by atoms with Crippen LogP contribution < -0.4 is 11.1 Å². The molecule has 1 aromatic carbocycles. The molecule has 0 aromatic heterocycles. The zero-order valence-corrected chi connectivity index (χ0v) is 11.3. The third-order valence-electron chi connectivity index (χ3n) is 3.67. The van der Waals surface area contributed by atoms with Crippen LogP contribution in [0, 0.1) is 11.6 Å². The highest BCUT2D eigenvalue weighted by Crippen LogP contribution is 2.30. The Morgan fingerprint density at radius 3 is 2.43 bits per heavy atom. The van der Waals surface area contributed by atoms with Crippen molar-refractivity contribution in [2.75, 3.05) is 5.32 Å². The minimum absolute atomic E-state index is 0.0201. The van der Waals surface area contributed by atoms with Crippen molar-refractivity contribution in [3.63, 3.8) is 0 Å². The normalized spacial score (nSPS) is 16.7. The standard InChI is InChI=1S/C14H16F2N2O3/c15-9-6-10(16)11(5-8(9)13(20)21)18-12(19)7-14(17)3-1-2-4-14/h5-6H,1-4,7,17H2,(H,18,19)(H,20,21). The summed E-state index contributed by atoms with van der Waals surface area (Å²) in [6, 6.07) is 1.20. The molecule has 7 heteroatoms. The van der Waals surface area contributed by atoms with Crippen LogP contribution in [0.5, 0.6) is 0 Å². The van der Waals surface area contributed by atoms with Gasteiger partial charge in [0, 0.05) is 18.0 Å². The number of rotatable bonds is 4. The predicted octanol–water partition coefficient (Wildman–Crippen LogP) is 2.26. The zero-order valence-electron chi connectivity index (χ0n) is 11.3. The molecule has 0 aliphatic heterocycles. The Kier molecular flexibility index (Phi) is 4.22. The second-order valence-electron chi connectivity index (χ2n) is 5.41. The van der Waals surface area contributed by atoms with Crippen molar-refractivity contribution in [1.82, 2.24) is 0 Å². The Labute approximate surface area is 120 Å². The fourth-order valence-corrected chi connectivity index (χ4v) is 2.58. The van der Waals surface area contributed by atoms with Gasteiger partial charge in [-0.3, -0.25) is 4.79 Å². The van der Waals surface area contributed by atoms with Gasteiger partial charge in [0.05, 0.1) is 11.3 Å². The summed E-state index contributed by atoms with van der Waals surface area (Å²) in [5.74, 6) is -4.26. The number of carbonyl (C=O) groups excluding carboxylic acids is 1. The summed E-state index contributed by atoms with van der Waals surface area (Å²) in [5, 5.41) is 11.1. The summed E-state index contributed by atoms with van der Waals surface area (Å²) in [5.41, 5.74) is 4.38. The third-order valence-corrected chi connectivity index (χ3v) is 3.67. The van der Waals surface area contributed by atoms with Crippen LogP contribution in [0.3, 0.4) is 0 Å². The number of amides is 1. The molecular weight excluding hydrogens is 282 g/mol. The summed E-state index contributed by atoms with van der Waals surface area (Å²) in [7, 11) is 0. The number of hydrogen-bond donors (Lipinski definition) is 3. The summed E-state index contributed by atoms with van der Waals surface area (Å²) >= 11 is 0. The first-order valence-electron chi connectivity index (χ1n) is 6.62. The Bertz CT molecular complexity index is 584. The van der Waals surface area contributed by atoms with Crippen molar-refractivity contribution in [3.05, 3.63) is 29.3 Å². The van der Waals surface area contributed by atoms with E-state index in [-0.39, 0.29) is 12.1 Å². The van der Waals surface area contributed by atoms with E-state index >= 15 is 0 Å². The summed E-state index contributed by atoms with van der Waals surface area (Å²) in [6.45, 7) is 0. The van der Waals surface area contributed by atoms with Crippen LogP contribution >= 0.6 is 0 Å². The number of hydrogen-bond acceptors (Lipinski definition) is 3. The molecule has 0 spiro atoms. The topological polar surface area (TPSA) is 92.4 Å². The van der Waals surface area contributed by atoms with Crippen LogP contribution in [0.25, 0.3) is 0 Å². The minimum atomic E-state index is -1.53. The van der Waals surface area contributed by atoms with Gasteiger partial charge < -0.3 is 16.2 Å². The molecule has 2 rings (SSSR count). The van der Waals surface area contributed by atoms with Crippen LogP contribution in [0.2, 0.25) is 0 Å². The Morgan fingerprint density at radius 2 is 1.86 bits per heavy atom. The molecule has 4 N–H and O–H groups in total. The van der Waals surface area contributed by atoms with Crippen molar-refractivity contribution < 1.29 is 23.5 Å². The molecule has 0 radical (unpaired) electrons. The van der Waals surface area contributed by atoms with Gasteiger partial charge in [-0.25, -0.2) is 13.6 Å². The lowest BCUT2D eigenvalue weighted by Gasteiger charge is -2.22. The molecule has 5 nitrogen and oxygen atoms in total. The maximum absolute atomic E-state index is 13.6.